The van der Waals surface area contributed by atoms with Crippen LogP contribution in [0.2, 0.25) is 0 Å². The standard InChI is InChI=1S/C24H25N3O3S2/c1-16-6-9-19(10-7-16)32(29,30)27-14-12-18(13-15-27)23(28)26-24-25-22-20-5-3-2-4-17(20)8-11-21(22)31-24/h2-7,9-10,18H,8,11-15H2,1H3,(H,25,26,28). The van der Waals surface area contributed by atoms with Crippen LogP contribution in [-0.4, -0.2) is 36.7 Å². The SMILES string of the molecule is Cc1ccc(S(=O)(=O)N2CCC(C(=O)Nc3nc4c(s3)CCc3ccccc3-4)CC2)cc1. The summed E-state index contributed by atoms with van der Waals surface area (Å²) in [6.07, 6.45) is 2.94. The number of carbonyl (C=O) groups is 1. The minimum Gasteiger partial charge on any atom is -0.302 e. The van der Waals surface area contributed by atoms with Gasteiger partial charge in [-0.15, -0.1) is 11.3 Å². The van der Waals surface area contributed by atoms with Crippen molar-refractivity contribution in [2.75, 3.05) is 18.4 Å². The highest BCUT2D eigenvalue weighted by Gasteiger charge is 2.32. The van der Waals surface area contributed by atoms with E-state index in [1.807, 2.05) is 19.1 Å². The summed E-state index contributed by atoms with van der Waals surface area (Å²) in [5.41, 5.74) is 4.45. The molecule has 0 unspecified atom stereocenters. The number of fused-ring (bicyclic) bond motifs is 3. The molecule has 6 nitrogen and oxygen atoms in total. The molecule has 1 aromatic heterocycles. The molecular formula is C24H25N3O3S2. The first-order chi connectivity index (χ1) is 15.4. The Balaban J connectivity index is 1.23. The van der Waals surface area contributed by atoms with Crippen molar-refractivity contribution >= 4 is 32.4 Å². The Bertz CT molecular complexity index is 1260. The average molecular weight is 468 g/mol. The summed E-state index contributed by atoms with van der Waals surface area (Å²) in [5, 5.41) is 3.62. The zero-order valence-electron chi connectivity index (χ0n) is 17.9. The number of nitrogens with one attached hydrogen (secondary N) is 1. The summed E-state index contributed by atoms with van der Waals surface area (Å²) in [5.74, 6) is -0.288. The lowest BCUT2D eigenvalue weighted by molar-refractivity contribution is -0.120. The zero-order chi connectivity index (χ0) is 22.3. The lowest BCUT2D eigenvalue weighted by Crippen LogP contribution is -2.41. The van der Waals surface area contributed by atoms with Crippen LogP contribution in [0.3, 0.4) is 0 Å². The fraction of sp³-hybridized carbons (Fsp3) is 0.333. The molecule has 0 saturated carbocycles. The van der Waals surface area contributed by atoms with Crippen LogP contribution < -0.4 is 5.32 Å². The van der Waals surface area contributed by atoms with Crippen molar-refractivity contribution < 1.29 is 13.2 Å². The van der Waals surface area contributed by atoms with E-state index in [-0.39, 0.29) is 11.8 Å². The molecule has 0 bridgehead atoms. The first kappa shape index (κ1) is 21.3. The lowest BCUT2D eigenvalue weighted by Gasteiger charge is -2.30. The van der Waals surface area contributed by atoms with Crippen molar-refractivity contribution in [2.24, 2.45) is 5.92 Å². The summed E-state index contributed by atoms with van der Waals surface area (Å²) < 4.78 is 27.3. The van der Waals surface area contributed by atoms with Crippen LogP contribution in [0.4, 0.5) is 5.13 Å². The van der Waals surface area contributed by atoms with E-state index < -0.39 is 10.0 Å². The van der Waals surface area contributed by atoms with E-state index in [0.29, 0.717) is 36.0 Å². The number of benzene rings is 2. The van der Waals surface area contributed by atoms with Crippen molar-refractivity contribution in [3.05, 3.63) is 64.5 Å². The van der Waals surface area contributed by atoms with Gasteiger partial charge in [0.1, 0.15) is 0 Å². The van der Waals surface area contributed by atoms with E-state index >= 15 is 0 Å². The van der Waals surface area contributed by atoms with Crippen LogP contribution in [0.15, 0.2) is 53.4 Å². The van der Waals surface area contributed by atoms with E-state index in [0.717, 1.165) is 29.7 Å². The molecule has 166 valence electrons. The van der Waals surface area contributed by atoms with Crippen LogP contribution >= 0.6 is 11.3 Å². The van der Waals surface area contributed by atoms with Gasteiger partial charge in [-0.25, -0.2) is 13.4 Å². The molecular weight excluding hydrogens is 442 g/mol. The Morgan fingerprint density at radius 1 is 1.06 bits per heavy atom. The van der Waals surface area contributed by atoms with E-state index in [4.69, 9.17) is 4.98 Å². The Morgan fingerprint density at radius 2 is 1.78 bits per heavy atom. The molecule has 2 heterocycles. The maximum atomic E-state index is 12.9. The predicted octanol–water partition coefficient (Wildman–Crippen LogP) is 4.26. The number of anilines is 1. The van der Waals surface area contributed by atoms with Crippen LogP contribution in [-0.2, 0) is 27.7 Å². The summed E-state index contributed by atoms with van der Waals surface area (Å²) in [7, 11) is -3.53. The third-order valence-electron chi connectivity index (χ3n) is 6.30. The molecule has 8 heteroatoms. The van der Waals surface area contributed by atoms with Gasteiger partial charge in [-0.3, -0.25) is 4.79 Å². The first-order valence-electron chi connectivity index (χ1n) is 10.9. The molecule has 1 saturated heterocycles. The Labute approximate surface area is 192 Å². The highest BCUT2D eigenvalue weighted by atomic mass is 32.2. The molecule has 1 N–H and O–H groups in total. The summed E-state index contributed by atoms with van der Waals surface area (Å²) >= 11 is 1.55. The molecule has 1 amide bonds. The number of piperidine rings is 1. The second-order valence-corrected chi connectivity index (χ2v) is 11.5. The molecule has 3 aromatic rings. The number of hydrogen-bond acceptors (Lipinski definition) is 5. The van der Waals surface area contributed by atoms with Gasteiger partial charge in [0.2, 0.25) is 15.9 Å². The molecule has 0 atom stereocenters. The molecule has 0 radical (unpaired) electrons. The van der Waals surface area contributed by atoms with E-state index in [2.05, 4.69) is 17.4 Å². The number of nitrogens with zero attached hydrogens (tertiary/aromatic N) is 2. The largest absolute Gasteiger partial charge is 0.302 e. The number of rotatable bonds is 4. The maximum absolute atomic E-state index is 12.9. The maximum Gasteiger partial charge on any atom is 0.243 e. The van der Waals surface area contributed by atoms with E-state index in [1.54, 1.807) is 35.6 Å². The Morgan fingerprint density at radius 3 is 2.53 bits per heavy atom. The van der Waals surface area contributed by atoms with Gasteiger partial charge in [-0.05, 0) is 50.3 Å². The highest BCUT2D eigenvalue weighted by Crippen LogP contribution is 2.38. The van der Waals surface area contributed by atoms with Gasteiger partial charge in [-0.2, -0.15) is 4.31 Å². The molecule has 1 aliphatic carbocycles. The van der Waals surface area contributed by atoms with Crippen molar-refractivity contribution in [1.82, 2.24) is 9.29 Å². The molecule has 32 heavy (non-hydrogen) atoms. The van der Waals surface area contributed by atoms with Gasteiger partial charge in [-0.1, -0.05) is 42.0 Å². The summed E-state index contributed by atoms with van der Waals surface area (Å²) in [6, 6.07) is 15.2. The third-order valence-corrected chi connectivity index (χ3v) is 9.25. The minimum absolute atomic E-state index is 0.0724. The number of sulfonamides is 1. The lowest BCUT2D eigenvalue weighted by atomic mass is 9.94. The van der Waals surface area contributed by atoms with E-state index in [9.17, 15) is 13.2 Å². The quantitative estimate of drug-likeness (QED) is 0.622. The minimum atomic E-state index is -3.53. The molecule has 1 aliphatic heterocycles. The summed E-state index contributed by atoms with van der Waals surface area (Å²) in [6.45, 7) is 2.62. The number of hydrogen-bond donors (Lipinski definition) is 1. The molecule has 5 rings (SSSR count). The van der Waals surface area contributed by atoms with Crippen molar-refractivity contribution in [2.45, 2.75) is 37.5 Å². The monoisotopic (exact) mass is 467 g/mol. The second-order valence-electron chi connectivity index (χ2n) is 8.43. The number of carbonyl (C=O) groups excluding carboxylic acids is 1. The molecule has 2 aliphatic rings. The van der Waals surface area contributed by atoms with Gasteiger partial charge >= 0.3 is 0 Å². The molecule has 0 spiro atoms. The van der Waals surface area contributed by atoms with Gasteiger partial charge in [0.15, 0.2) is 5.13 Å². The van der Waals surface area contributed by atoms with Crippen molar-refractivity contribution in [3.63, 3.8) is 0 Å². The summed E-state index contributed by atoms with van der Waals surface area (Å²) in [4.78, 5) is 19.1. The normalized spacial score (nSPS) is 16.9. The number of thiazole rings is 1. The first-order valence-corrected chi connectivity index (χ1v) is 13.1. The number of aryl methyl sites for hydroxylation is 3. The van der Waals surface area contributed by atoms with Crippen LogP contribution in [0, 0.1) is 12.8 Å². The van der Waals surface area contributed by atoms with Gasteiger partial charge in [0.05, 0.1) is 10.6 Å². The smallest absolute Gasteiger partial charge is 0.243 e. The van der Waals surface area contributed by atoms with Crippen LogP contribution in [0.25, 0.3) is 11.3 Å². The predicted molar refractivity (Wildman–Crippen MR) is 126 cm³/mol. The fourth-order valence-corrected chi connectivity index (χ4v) is 6.88. The average Bonchev–Trinajstić information content (AvgIpc) is 3.22. The van der Waals surface area contributed by atoms with Gasteiger partial charge in [0, 0.05) is 29.4 Å². The van der Waals surface area contributed by atoms with Gasteiger partial charge < -0.3 is 5.32 Å². The number of aromatic nitrogens is 1. The van der Waals surface area contributed by atoms with E-state index in [1.165, 1.54) is 14.7 Å². The van der Waals surface area contributed by atoms with Crippen molar-refractivity contribution in [3.8, 4) is 11.3 Å². The van der Waals surface area contributed by atoms with Crippen LogP contribution in [0.5, 0.6) is 0 Å². The fourth-order valence-electron chi connectivity index (χ4n) is 4.43. The number of amides is 1. The van der Waals surface area contributed by atoms with Crippen LogP contribution in [0.1, 0.15) is 28.8 Å². The zero-order valence-corrected chi connectivity index (χ0v) is 19.5. The Kier molecular flexibility index (Phi) is 5.61. The third kappa shape index (κ3) is 3.98. The van der Waals surface area contributed by atoms with Crippen molar-refractivity contribution in [1.29, 1.82) is 0 Å². The second kappa shape index (κ2) is 8.42. The molecule has 1 fully saturated rings. The Hall–Kier alpha value is -2.55. The van der Waals surface area contributed by atoms with Gasteiger partial charge in [0.25, 0.3) is 0 Å². The highest BCUT2D eigenvalue weighted by molar-refractivity contribution is 7.89. The topological polar surface area (TPSA) is 79.4 Å². The molecule has 2 aromatic carbocycles.